The summed E-state index contributed by atoms with van der Waals surface area (Å²) in [5.41, 5.74) is 0.858. The molecule has 2 rings (SSSR count). The molecule has 110 valence electrons. The predicted molar refractivity (Wildman–Crippen MR) is 80.5 cm³/mol. The van der Waals surface area contributed by atoms with Gasteiger partial charge in [0.2, 0.25) is 5.91 Å². The van der Waals surface area contributed by atoms with Crippen molar-refractivity contribution in [1.82, 2.24) is 5.32 Å². The monoisotopic (exact) mass is 275 g/mol. The summed E-state index contributed by atoms with van der Waals surface area (Å²) in [4.78, 5) is 12.5. The summed E-state index contributed by atoms with van der Waals surface area (Å²) >= 11 is 0. The number of nitrogens with one attached hydrogen (secondary N) is 1. The van der Waals surface area contributed by atoms with Crippen LogP contribution in [0.5, 0.6) is 0 Å². The van der Waals surface area contributed by atoms with Crippen LogP contribution in [-0.2, 0) is 10.2 Å². The Bertz CT molecular complexity index is 426. The third kappa shape index (κ3) is 3.21. The van der Waals surface area contributed by atoms with E-state index in [4.69, 9.17) is 5.11 Å². The zero-order valence-electron chi connectivity index (χ0n) is 12.3. The van der Waals surface area contributed by atoms with Crippen LogP contribution < -0.4 is 5.32 Å². The van der Waals surface area contributed by atoms with Gasteiger partial charge in [-0.05, 0) is 37.2 Å². The number of benzene rings is 1. The minimum absolute atomic E-state index is 0.173. The van der Waals surface area contributed by atoms with Gasteiger partial charge in [-0.3, -0.25) is 4.79 Å². The lowest BCUT2D eigenvalue weighted by molar-refractivity contribution is -0.129. The molecule has 1 aromatic carbocycles. The van der Waals surface area contributed by atoms with Gasteiger partial charge in [0.25, 0.3) is 0 Å². The van der Waals surface area contributed by atoms with Crippen molar-refractivity contribution in [2.45, 2.75) is 44.4 Å². The van der Waals surface area contributed by atoms with E-state index in [1.165, 1.54) is 0 Å². The van der Waals surface area contributed by atoms with E-state index in [9.17, 15) is 4.79 Å². The van der Waals surface area contributed by atoms with Gasteiger partial charge >= 0.3 is 0 Å². The fourth-order valence-electron chi connectivity index (χ4n) is 2.85. The topological polar surface area (TPSA) is 49.3 Å². The fraction of sp³-hybridized carbons (Fsp3) is 0.588. The van der Waals surface area contributed by atoms with Crippen LogP contribution in [0.4, 0.5) is 0 Å². The maximum absolute atomic E-state index is 12.5. The first-order valence-electron chi connectivity index (χ1n) is 7.64. The van der Waals surface area contributed by atoms with Gasteiger partial charge < -0.3 is 10.4 Å². The summed E-state index contributed by atoms with van der Waals surface area (Å²) in [5.74, 6) is 0.491. The highest BCUT2D eigenvalue weighted by molar-refractivity contribution is 5.89. The summed E-state index contributed by atoms with van der Waals surface area (Å²) in [6, 6.07) is 10.1. The van der Waals surface area contributed by atoms with Crippen LogP contribution in [0.1, 0.15) is 44.6 Å². The van der Waals surface area contributed by atoms with E-state index in [-0.39, 0.29) is 17.9 Å². The van der Waals surface area contributed by atoms with E-state index in [0.717, 1.165) is 37.7 Å². The molecule has 0 bridgehead atoms. The Morgan fingerprint density at radius 1 is 1.35 bits per heavy atom. The van der Waals surface area contributed by atoms with Crippen molar-refractivity contribution in [3.63, 3.8) is 0 Å². The molecular weight excluding hydrogens is 250 g/mol. The first-order valence-corrected chi connectivity index (χ1v) is 7.64. The number of carbonyl (C=O) groups excluding carboxylic acids is 1. The van der Waals surface area contributed by atoms with Gasteiger partial charge in [0.1, 0.15) is 0 Å². The van der Waals surface area contributed by atoms with Crippen LogP contribution in [0.2, 0.25) is 0 Å². The number of hydrogen-bond donors (Lipinski definition) is 2. The molecule has 1 saturated carbocycles. The molecule has 1 fully saturated rings. The minimum atomic E-state index is -0.288. The largest absolute Gasteiger partial charge is 0.396 e. The number of hydrogen-bond acceptors (Lipinski definition) is 2. The molecule has 3 heteroatoms. The number of carbonyl (C=O) groups is 1. The second kappa shape index (κ2) is 6.89. The molecule has 0 spiro atoms. The zero-order chi connectivity index (χ0) is 14.4. The second-order valence-corrected chi connectivity index (χ2v) is 5.99. The molecule has 1 aliphatic carbocycles. The van der Waals surface area contributed by atoms with Gasteiger partial charge in [-0.1, -0.05) is 43.7 Å². The van der Waals surface area contributed by atoms with Crippen molar-refractivity contribution >= 4 is 5.91 Å². The molecule has 0 radical (unpaired) electrons. The van der Waals surface area contributed by atoms with Gasteiger partial charge in [-0.2, -0.15) is 0 Å². The summed E-state index contributed by atoms with van der Waals surface area (Å²) < 4.78 is 0. The number of amides is 1. The Kier molecular flexibility index (Phi) is 5.18. The van der Waals surface area contributed by atoms with Crippen molar-refractivity contribution in [2.75, 3.05) is 13.2 Å². The van der Waals surface area contributed by atoms with Crippen LogP contribution in [-0.4, -0.2) is 24.2 Å². The molecule has 1 amide bonds. The maximum Gasteiger partial charge on any atom is 0.230 e. The third-order valence-corrected chi connectivity index (χ3v) is 4.44. The fourth-order valence-corrected chi connectivity index (χ4v) is 2.85. The third-order valence-electron chi connectivity index (χ3n) is 4.44. The Labute approximate surface area is 121 Å². The molecule has 1 aromatic rings. The molecule has 20 heavy (non-hydrogen) atoms. The van der Waals surface area contributed by atoms with Gasteiger partial charge in [0.15, 0.2) is 0 Å². The zero-order valence-corrected chi connectivity index (χ0v) is 12.3. The Hall–Kier alpha value is -1.35. The minimum Gasteiger partial charge on any atom is -0.396 e. The van der Waals surface area contributed by atoms with Gasteiger partial charge in [0.05, 0.1) is 5.41 Å². The van der Waals surface area contributed by atoms with Crippen LogP contribution in [0.25, 0.3) is 0 Å². The van der Waals surface area contributed by atoms with E-state index in [1.807, 2.05) is 25.1 Å². The maximum atomic E-state index is 12.5. The molecule has 1 unspecified atom stereocenters. The first kappa shape index (κ1) is 15.0. The standard InChI is InChI=1S/C17H25NO2/c1-14(13-19)7-5-12-18-16(20)17(10-6-11-17)15-8-3-2-4-9-15/h2-4,8-9,14,19H,5-7,10-13H2,1H3,(H,18,20). The SMILES string of the molecule is CC(CO)CCCNC(=O)C1(c2ccccc2)CCC1. The highest BCUT2D eigenvalue weighted by Gasteiger charge is 2.45. The van der Waals surface area contributed by atoms with Crippen molar-refractivity contribution < 1.29 is 9.90 Å². The summed E-state index contributed by atoms with van der Waals surface area (Å²) in [6.07, 6.45) is 4.92. The van der Waals surface area contributed by atoms with E-state index in [1.54, 1.807) is 0 Å². The average Bonchev–Trinajstić information content (AvgIpc) is 2.43. The van der Waals surface area contributed by atoms with Crippen LogP contribution in [0, 0.1) is 5.92 Å². The Morgan fingerprint density at radius 3 is 2.60 bits per heavy atom. The van der Waals surface area contributed by atoms with E-state index in [0.29, 0.717) is 12.5 Å². The summed E-state index contributed by atoms with van der Waals surface area (Å²) in [7, 11) is 0. The lowest BCUT2D eigenvalue weighted by atomic mass is 9.64. The number of rotatable bonds is 7. The van der Waals surface area contributed by atoms with Gasteiger partial charge in [-0.15, -0.1) is 0 Å². The highest BCUT2D eigenvalue weighted by atomic mass is 16.3. The van der Waals surface area contributed by atoms with E-state index >= 15 is 0 Å². The average molecular weight is 275 g/mol. The van der Waals surface area contributed by atoms with Gasteiger partial charge in [-0.25, -0.2) is 0 Å². The molecular formula is C17H25NO2. The van der Waals surface area contributed by atoms with Gasteiger partial charge in [0, 0.05) is 13.2 Å². The molecule has 1 aliphatic rings. The second-order valence-electron chi connectivity index (χ2n) is 5.99. The lowest BCUT2D eigenvalue weighted by Gasteiger charge is -2.40. The Morgan fingerprint density at radius 2 is 2.05 bits per heavy atom. The van der Waals surface area contributed by atoms with Crippen LogP contribution in [0.3, 0.4) is 0 Å². The molecule has 0 heterocycles. The van der Waals surface area contributed by atoms with Crippen molar-refractivity contribution in [3.05, 3.63) is 35.9 Å². The summed E-state index contributed by atoms with van der Waals surface area (Å²) in [6.45, 7) is 2.96. The van der Waals surface area contributed by atoms with E-state index < -0.39 is 0 Å². The molecule has 2 N–H and O–H groups in total. The smallest absolute Gasteiger partial charge is 0.230 e. The number of aliphatic hydroxyl groups excluding tert-OH is 1. The summed E-state index contributed by atoms with van der Waals surface area (Å²) in [5, 5.41) is 12.1. The number of aliphatic hydroxyl groups is 1. The normalized spacial score (nSPS) is 18.1. The van der Waals surface area contributed by atoms with Crippen molar-refractivity contribution in [1.29, 1.82) is 0 Å². The first-order chi connectivity index (χ1) is 9.69. The molecule has 3 nitrogen and oxygen atoms in total. The van der Waals surface area contributed by atoms with Crippen LogP contribution in [0.15, 0.2) is 30.3 Å². The Balaban J connectivity index is 1.87. The quantitative estimate of drug-likeness (QED) is 0.752. The molecule has 0 aromatic heterocycles. The van der Waals surface area contributed by atoms with Crippen molar-refractivity contribution in [2.24, 2.45) is 5.92 Å². The van der Waals surface area contributed by atoms with Crippen LogP contribution >= 0.6 is 0 Å². The molecule has 0 aliphatic heterocycles. The molecule has 1 atom stereocenters. The predicted octanol–water partition coefficient (Wildman–Crippen LogP) is 2.63. The van der Waals surface area contributed by atoms with Crippen molar-refractivity contribution in [3.8, 4) is 0 Å². The lowest BCUT2D eigenvalue weighted by Crippen LogP contribution is -2.49. The van der Waals surface area contributed by atoms with E-state index in [2.05, 4.69) is 17.4 Å². The molecule has 0 saturated heterocycles. The highest BCUT2D eigenvalue weighted by Crippen LogP contribution is 2.43.